The van der Waals surface area contributed by atoms with E-state index >= 15 is 0 Å². The molecule has 34 heavy (non-hydrogen) atoms. The first-order valence-electron chi connectivity index (χ1n) is 11.4. The van der Waals surface area contributed by atoms with Crippen molar-refractivity contribution in [3.63, 3.8) is 0 Å². The number of benzene rings is 2. The Kier molecular flexibility index (Phi) is 5.95. The molecule has 0 bridgehead atoms. The second-order valence-electron chi connectivity index (χ2n) is 8.66. The molecular formula is C24H27N3O6S. The molecule has 2 amide bonds. The fourth-order valence-electron chi connectivity index (χ4n) is 4.70. The van der Waals surface area contributed by atoms with Crippen molar-refractivity contribution in [3.05, 3.63) is 48.0 Å². The molecule has 9 nitrogen and oxygen atoms in total. The van der Waals surface area contributed by atoms with Gasteiger partial charge in [0, 0.05) is 45.3 Å². The van der Waals surface area contributed by atoms with E-state index in [1.54, 1.807) is 40.1 Å². The van der Waals surface area contributed by atoms with Gasteiger partial charge in [0.2, 0.25) is 22.0 Å². The Morgan fingerprint density at radius 1 is 0.971 bits per heavy atom. The monoisotopic (exact) mass is 485 g/mol. The molecule has 10 heteroatoms. The number of amides is 2. The molecule has 1 saturated heterocycles. The van der Waals surface area contributed by atoms with Crippen LogP contribution in [0.2, 0.25) is 0 Å². The first-order valence-corrected chi connectivity index (χ1v) is 12.9. The third-order valence-electron chi connectivity index (χ3n) is 6.52. The lowest BCUT2D eigenvalue weighted by atomic mass is 10.0. The molecule has 180 valence electrons. The standard InChI is InChI=1S/C24H27N3O6S/c1-17(28)27-10-4-5-18-15-19(8-9-20(18)27)34(30,31)26-13-11-25(12-14-26)24(29)23-16-32-21-6-2-3-7-22(21)33-23/h2-3,6-9,15,23H,4-5,10-14,16H2,1H3/t23-/m0/s1. The van der Waals surface area contributed by atoms with Gasteiger partial charge in [-0.05, 0) is 48.7 Å². The van der Waals surface area contributed by atoms with E-state index in [0.717, 1.165) is 24.1 Å². The molecule has 1 fully saturated rings. The van der Waals surface area contributed by atoms with Crippen LogP contribution in [0.5, 0.6) is 11.5 Å². The minimum Gasteiger partial charge on any atom is -0.485 e. The Labute approximate surface area is 198 Å². The quantitative estimate of drug-likeness (QED) is 0.656. The number of aryl methyl sites for hydroxylation is 1. The average molecular weight is 486 g/mol. The summed E-state index contributed by atoms with van der Waals surface area (Å²) < 4.78 is 39.5. The first kappa shape index (κ1) is 22.7. The number of piperazine rings is 1. The normalized spacial score (nSPS) is 20.6. The lowest BCUT2D eigenvalue weighted by Crippen LogP contribution is -2.55. The van der Waals surface area contributed by atoms with Crippen LogP contribution in [0.15, 0.2) is 47.4 Å². The fourth-order valence-corrected chi connectivity index (χ4v) is 6.18. The van der Waals surface area contributed by atoms with Crippen LogP contribution in [0.3, 0.4) is 0 Å². The van der Waals surface area contributed by atoms with Gasteiger partial charge in [0.15, 0.2) is 11.5 Å². The van der Waals surface area contributed by atoms with Crippen LogP contribution < -0.4 is 14.4 Å². The molecule has 1 atom stereocenters. The van der Waals surface area contributed by atoms with Gasteiger partial charge in [-0.3, -0.25) is 9.59 Å². The highest BCUT2D eigenvalue weighted by Crippen LogP contribution is 2.32. The molecule has 0 saturated carbocycles. The van der Waals surface area contributed by atoms with Crippen molar-refractivity contribution in [2.75, 3.05) is 44.2 Å². The Bertz CT molecular complexity index is 1220. The van der Waals surface area contributed by atoms with Crippen LogP contribution in [0.25, 0.3) is 0 Å². The minimum absolute atomic E-state index is 0.0480. The van der Waals surface area contributed by atoms with Gasteiger partial charge in [-0.15, -0.1) is 0 Å². The summed E-state index contributed by atoms with van der Waals surface area (Å²) >= 11 is 0. The highest BCUT2D eigenvalue weighted by molar-refractivity contribution is 7.89. The molecular weight excluding hydrogens is 458 g/mol. The van der Waals surface area contributed by atoms with E-state index in [0.29, 0.717) is 18.0 Å². The van der Waals surface area contributed by atoms with Gasteiger partial charge in [0.25, 0.3) is 5.91 Å². The number of hydrogen-bond donors (Lipinski definition) is 0. The zero-order valence-corrected chi connectivity index (χ0v) is 19.8. The number of nitrogens with zero attached hydrogens (tertiary/aromatic N) is 3. The van der Waals surface area contributed by atoms with Gasteiger partial charge in [-0.1, -0.05) is 12.1 Å². The molecule has 3 aliphatic heterocycles. The van der Waals surface area contributed by atoms with Crippen molar-refractivity contribution in [3.8, 4) is 11.5 Å². The summed E-state index contributed by atoms with van der Waals surface area (Å²) in [5.74, 6) is 0.890. The Hall–Kier alpha value is -3.11. The summed E-state index contributed by atoms with van der Waals surface area (Å²) in [5, 5.41) is 0. The van der Waals surface area contributed by atoms with Gasteiger partial charge in [-0.2, -0.15) is 4.31 Å². The van der Waals surface area contributed by atoms with E-state index < -0.39 is 16.1 Å². The van der Waals surface area contributed by atoms with E-state index in [4.69, 9.17) is 9.47 Å². The molecule has 2 aromatic rings. The van der Waals surface area contributed by atoms with Crippen molar-refractivity contribution >= 4 is 27.5 Å². The Morgan fingerprint density at radius 3 is 2.44 bits per heavy atom. The predicted molar refractivity (Wildman–Crippen MR) is 124 cm³/mol. The van der Waals surface area contributed by atoms with Crippen LogP contribution in [0.4, 0.5) is 5.69 Å². The maximum absolute atomic E-state index is 13.3. The number of fused-ring (bicyclic) bond motifs is 2. The van der Waals surface area contributed by atoms with Crippen molar-refractivity contribution in [2.45, 2.75) is 30.8 Å². The second kappa shape index (κ2) is 8.92. The van der Waals surface area contributed by atoms with E-state index in [1.807, 2.05) is 12.1 Å². The van der Waals surface area contributed by atoms with Crippen molar-refractivity contribution in [2.24, 2.45) is 0 Å². The summed E-state index contributed by atoms with van der Waals surface area (Å²) in [7, 11) is -3.71. The summed E-state index contributed by atoms with van der Waals surface area (Å²) in [6.45, 7) is 3.26. The number of carbonyl (C=O) groups excluding carboxylic acids is 2. The van der Waals surface area contributed by atoms with Crippen LogP contribution in [0, 0.1) is 0 Å². The topological polar surface area (TPSA) is 96.5 Å². The third kappa shape index (κ3) is 4.12. The van der Waals surface area contributed by atoms with E-state index in [1.165, 1.54) is 11.2 Å². The molecule has 0 radical (unpaired) electrons. The van der Waals surface area contributed by atoms with Gasteiger partial charge in [0.1, 0.15) is 6.61 Å². The van der Waals surface area contributed by atoms with Crippen molar-refractivity contribution < 1.29 is 27.5 Å². The molecule has 0 spiro atoms. The maximum Gasteiger partial charge on any atom is 0.267 e. The zero-order chi connectivity index (χ0) is 23.9. The van der Waals surface area contributed by atoms with Gasteiger partial charge < -0.3 is 19.3 Å². The molecule has 2 aromatic carbocycles. The number of anilines is 1. The maximum atomic E-state index is 13.3. The average Bonchev–Trinajstić information content (AvgIpc) is 2.87. The number of hydrogen-bond acceptors (Lipinski definition) is 6. The molecule has 0 aliphatic carbocycles. The van der Waals surface area contributed by atoms with Crippen molar-refractivity contribution in [1.29, 1.82) is 0 Å². The Balaban J connectivity index is 1.25. The number of sulfonamides is 1. The molecule has 3 aliphatic rings. The summed E-state index contributed by atoms with van der Waals surface area (Å²) in [4.78, 5) is 28.4. The fraction of sp³-hybridized carbons (Fsp3) is 0.417. The van der Waals surface area contributed by atoms with Gasteiger partial charge in [0.05, 0.1) is 4.90 Å². The first-order chi connectivity index (χ1) is 16.3. The van der Waals surface area contributed by atoms with E-state index in [-0.39, 0.29) is 49.5 Å². The largest absolute Gasteiger partial charge is 0.485 e. The smallest absolute Gasteiger partial charge is 0.267 e. The Morgan fingerprint density at radius 2 is 1.71 bits per heavy atom. The summed E-state index contributed by atoms with van der Waals surface area (Å²) in [6, 6.07) is 12.2. The lowest BCUT2D eigenvalue weighted by Gasteiger charge is -2.36. The van der Waals surface area contributed by atoms with Crippen LogP contribution in [-0.2, 0) is 26.0 Å². The van der Waals surface area contributed by atoms with Gasteiger partial charge >= 0.3 is 0 Å². The van der Waals surface area contributed by atoms with Crippen LogP contribution >= 0.6 is 0 Å². The highest BCUT2D eigenvalue weighted by atomic mass is 32.2. The number of carbonyl (C=O) groups is 2. The molecule has 0 aromatic heterocycles. The summed E-state index contributed by atoms with van der Waals surface area (Å²) in [5.41, 5.74) is 1.65. The zero-order valence-electron chi connectivity index (χ0n) is 19.0. The SMILES string of the molecule is CC(=O)N1CCCc2cc(S(=O)(=O)N3CCN(C(=O)[C@@H]4COc5ccccc5O4)CC3)ccc21. The van der Waals surface area contributed by atoms with Gasteiger partial charge in [-0.25, -0.2) is 8.42 Å². The number of rotatable bonds is 3. The van der Waals surface area contributed by atoms with Crippen LogP contribution in [-0.4, -0.2) is 74.9 Å². The lowest BCUT2D eigenvalue weighted by molar-refractivity contribution is -0.142. The second-order valence-corrected chi connectivity index (χ2v) is 10.6. The van der Waals surface area contributed by atoms with Crippen molar-refractivity contribution in [1.82, 2.24) is 9.21 Å². The van der Waals surface area contributed by atoms with E-state index in [2.05, 4.69) is 0 Å². The number of ether oxygens (including phenoxy) is 2. The molecule has 3 heterocycles. The number of para-hydroxylation sites is 2. The molecule has 0 N–H and O–H groups in total. The minimum atomic E-state index is -3.71. The van der Waals surface area contributed by atoms with Crippen LogP contribution in [0.1, 0.15) is 18.9 Å². The molecule has 0 unspecified atom stereocenters. The third-order valence-corrected chi connectivity index (χ3v) is 8.42. The highest BCUT2D eigenvalue weighted by Gasteiger charge is 2.36. The van der Waals surface area contributed by atoms with E-state index in [9.17, 15) is 18.0 Å². The molecule has 5 rings (SSSR count). The summed E-state index contributed by atoms with van der Waals surface area (Å²) in [6.07, 6.45) is 0.786. The predicted octanol–water partition coefficient (Wildman–Crippen LogP) is 1.66.